The normalized spacial score (nSPS) is 26.6. The summed E-state index contributed by atoms with van der Waals surface area (Å²) in [5, 5.41) is 0. The second-order valence-corrected chi connectivity index (χ2v) is 6.22. The molecule has 1 aliphatic heterocycles. The van der Waals surface area contributed by atoms with E-state index in [1.54, 1.807) is 0 Å². The highest BCUT2D eigenvalue weighted by molar-refractivity contribution is 6.30. The van der Waals surface area contributed by atoms with Crippen molar-refractivity contribution in [2.75, 3.05) is 32.1 Å². The molecule has 1 saturated carbocycles. The molecular weight excluding hydrogens is 264 g/mol. The van der Waals surface area contributed by atoms with Gasteiger partial charge in [-0.25, -0.2) is 0 Å². The van der Waals surface area contributed by atoms with Crippen molar-refractivity contribution in [3.63, 3.8) is 0 Å². The lowest BCUT2D eigenvalue weighted by Gasteiger charge is -2.41. The average molecular weight is 286 g/mol. The molecule has 112 valence electrons. The Kier molecular flexibility index (Phi) is 3.81. The SMILES string of the molecule is CN(C)c1ccc(C2C(=O)C(N3CCCCC3)C2=O)cc1. The van der Waals surface area contributed by atoms with Gasteiger partial charge in [0.1, 0.15) is 12.0 Å². The van der Waals surface area contributed by atoms with Gasteiger partial charge in [0, 0.05) is 19.8 Å². The largest absolute Gasteiger partial charge is 0.378 e. The van der Waals surface area contributed by atoms with E-state index in [2.05, 4.69) is 4.90 Å². The summed E-state index contributed by atoms with van der Waals surface area (Å²) in [6.45, 7) is 1.77. The van der Waals surface area contributed by atoms with Crippen LogP contribution in [0.1, 0.15) is 30.7 Å². The van der Waals surface area contributed by atoms with E-state index in [0.29, 0.717) is 0 Å². The van der Waals surface area contributed by atoms with Crippen LogP contribution >= 0.6 is 0 Å². The number of piperidine rings is 1. The first-order valence-electron chi connectivity index (χ1n) is 7.68. The molecule has 0 N–H and O–H groups in total. The number of anilines is 1. The van der Waals surface area contributed by atoms with Gasteiger partial charge in [0.15, 0.2) is 11.6 Å². The number of hydrogen-bond acceptors (Lipinski definition) is 4. The van der Waals surface area contributed by atoms with Crippen LogP contribution in [0.2, 0.25) is 0 Å². The molecule has 0 atom stereocenters. The van der Waals surface area contributed by atoms with Gasteiger partial charge in [-0.05, 0) is 43.6 Å². The Bertz CT molecular complexity index is 528. The van der Waals surface area contributed by atoms with E-state index in [9.17, 15) is 9.59 Å². The van der Waals surface area contributed by atoms with E-state index in [0.717, 1.165) is 37.2 Å². The van der Waals surface area contributed by atoms with Gasteiger partial charge < -0.3 is 4.90 Å². The predicted octanol–water partition coefficient (Wildman–Crippen LogP) is 1.84. The Morgan fingerprint density at radius 3 is 2.05 bits per heavy atom. The lowest BCUT2D eigenvalue weighted by atomic mass is 9.72. The third-order valence-corrected chi connectivity index (χ3v) is 4.61. The highest BCUT2D eigenvalue weighted by Crippen LogP contribution is 2.34. The molecule has 1 aliphatic carbocycles. The van der Waals surface area contributed by atoms with Crippen molar-refractivity contribution >= 4 is 17.3 Å². The zero-order valence-corrected chi connectivity index (χ0v) is 12.7. The molecule has 3 rings (SSSR count). The molecule has 0 unspecified atom stereocenters. The number of nitrogens with zero attached hydrogens (tertiary/aromatic N) is 2. The van der Waals surface area contributed by atoms with Crippen molar-refractivity contribution in [2.24, 2.45) is 0 Å². The number of hydrogen-bond donors (Lipinski definition) is 0. The summed E-state index contributed by atoms with van der Waals surface area (Å²) in [6, 6.07) is 7.27. The van der Waals surface area contributed by atoms with Gasteiger partial charge in [0.2, 0.25) is 0 Å². The first-order valence-corrected chi connectivity index (χ1v) is 7.68. The first-order chi connectivity index (χ1) is 10.1. The van der Waals surface area contributed by atoms with Crippen LogP contribution in [0.3, 0.4) is 0 Å². The van der Waals surface area contributed by atoms with Crippen LogP contribution in [0.25, 0.3) is 0 Å². The summed E-state index contributed by atoms with van der Waals surface area (Å²) in [5.41, 5.74) is 1.91. The molecule has 1 saturated heterocycles. The fraction of sp³-hybridized carbons (Fsp3) is 0.529. The molecule has 2 fully saturated rings. The summed E-state index contributed by atoms with van der Waals surface area (Å²) in [7, 11) is 3.95. The second kappa shape index (κ2) is 5.60. The van der Waals surface area contributed by atoms with Crippen molar-refractivity contribution in [2.45, 2.75) is 31.2 Å². The summed E-state index contributed by atoms with van der Waals surface area (Å²) in [4.78, 5) is 28.9. The lowest BCUT2D eigenvalue weighted by molar-refractivity contribution is -0.149. The number of rotatable bonds is 3. The molecule has 0 spiro atoms. The van der Waals surface area contributed by atoms with E-state index in [1.165, 1.54) is 6.42 Å². The number of benzene rings is 1. The minimum atomic E-state index is -0.534. The molecule has 2 aliphatic rings. The lowest BCUT2D eigenvalue weighted by Crippen LogP contribution is -2.61. The van der Waals surface area contributed by atoms with Gasteiger partial charge in [-0.1, -0.05) is 18.6 Å². The average Bonchev–Trinajstić information content (AvgIpc) is 2.49. The van der Waals surface area contributed by atoms with Gasteiger partial charge in [-0.3, -0.25) is 14.5 Å². The summed E-state index contributed by atoms with van der Waals surface area (Å²) >= 11 is 0. The standard InChI is InChI=1S/C17H22N2O2/c1-18(2)13-8-6-12(7-9-13)14-16(20)15(17(14)21)19-10-4-3-5-11-19/h6-9,14-15H,3-5,10-11H2,1-2H3. The number of likely N-dealkylation sites (tertiary alicyclic amines) is 1. The third-order valence-electron chi connectivity index (χ3n) is 4.61. The summed E-state index contributed by atoms with van der Waals surface area (Å²) < 4.78 is 0. The van der Waals surface area contributed by atoms with Gasteiger partial charge >= 0.3 is 0 Å². The van der Waals surface area contributed by atoms with E-state index in [1.807, 2.05) is 43.3 Å². The molecule has 0 radical (unpaired) electrons. The zero-order chi connectivity index (χ0) is 15.0. The topological polar surface area (TPSA) is 40.6 Å². The minimum Gasteiger partial charge on any atom is -0.378 e. The number of ketones is 2. The fourth-order valence-corrected chi connectivity index (χ4v) is 3.33. The van der Waals surface area contributed by atoms with E-state index < -0.39 is 12.0 Å². The molecule has 1 aromatic rings. The van der Waals surface area contributed by atoms with Crippen molar-refractivity contribution in [1.29, 1.82) is 0 Å². The zero-order valence-electron chi connectivity index (χ0n) is 12.7. The molecule has 0 bridgehead atoms. The van der Waals surface area contributed by atoms with Crippen LogP contribution in [0.4, 0.5) is 5.69 Å². The van der Waals surface area contributed by atoms with Crippen LogP contribution < -0.4 is 4.90 Å². The maximum Gasteiger partial charge on any atom is 0.172 e. The van der Waals surface area contributed by atoms with E-state index >= 15 is 0 Å². The number of carbonyl (C=O) groups excluding carboxylic acids is 2. The highest BCUT2D eigenvalue weighted by Gasteiger charge is 2.52. The van der Waals surface area contributed by atoms with Crippen molar-refractivity contribution in [1.82, 2.24) is 4.90 Å². The molecule has 0 amide bonds. The first kappa shape index (κ1) is 14.3. The quantitative estimate of drug-likeness (QED) is 0.795. The van der Waals surface area contributed by atoms with E-state index in [4.69, 9.17) is 0 Å². The highest BCUT2D eigenvalue weighted by atomic mass is 16.2. The minimum absolute atomic E-state index is 0.0829. The molecule has 0 aromatic heterocycles. The van der Waals surface area contributed by atoms with Crippen molar-refractivity contribution < 1.29 is 9.59 Å². The Morgan fingerprint density at radius 2 is 1.52 bits per heavy atom. The molecule has 4 nitrogen and oxygen atoms in total. The van der Waals surface area contributed by atoms with Crippen LogP contribution in [-0.2, 0) is 9.59 Å². The Morgan fingerprint density at radius 1 is 0.952 bits per heavy atom. The van der Waals surface area contributed by atoms with Crippen molar-refractivity contribution in [3.8, 4) is 0 Å². The Hall–Kier alpha value is -1.68. The maximum absolute atomic E-state index is 12.4. The van der Waals surface area contributed by atoms with Gasteiger partial charge in [0.25, 0.3) is 0 Å². The molecule has 1 aromatic carbocycles. The monoisotopic (exact) mass is 286 g/mol. The third kappa shape index (κ3) is 2.48. The van der Waals surface area contributed by atoms with Crippen LogP contribution in [0.5, 0.6) is 0 Å². The molecule has 21 heavy (non-hydrogen) atoms. The Balaban J connectivity index is 1.73. The fourth-order valence-electron chi connectivity index (χ4n) is 3.33. The molecule has 4 heteroatoms. The predicted molar refractivity (Wildman–Crippen MR) is 82.7 cm³/mol. The van der Waals surface area contributed by atoms with Crippen LogP contribution in [0.15, 0.2) is 24.3 Å². The smallest absolute Gasteiger partial charge is 0.172 e. The maximum atomic E-state index is 12.4. The van der Waals surface area contributed by atoms with Gasteiger partial charge in [-0.2, -0.15) is 0 Å². The Labute approximate surface area is 125 Å². The van der Waals surface area contributed by atoms with Crippen molar-refractivity contribution in [3.05, 3.63) is 29.8 Å². The molecule has 1 heterocycles. The van der Waals surface area contributed by atoms with E-state index in [-0.39, 0.29) is 11.6 Å². The summed E-state index contributed by atoms with van der Waals surface area (Å²) in [6.07, 6.45) is 3.40. The summed E-state index contributed by atoms with van der Waals surface area (Å²) in [5.74, 6) is -0.368. The second-order valence-electron chi connectivity index (χ2n) is 6.22. The van der Waals surface area contributed by atoms with Crippen LogP contribution in [-0.4, -0.2) is 49.7 Å². The number of Topliss-reactive ketones (excluding diaryl/α,β-unsaturated/α-hetero) is 2. The molecular formula is C17H22N2O2. The van der Waals surface area contributed by atoms with Crippen LogP contribution in [0, 0.1) is 0 Å². The number of carbonyl (C=O) groups is 2. The van der Waals surface area contributed by atoms with Gasteiger partial charge in [-0.15, -0.1) is 0 Å². The van der Waals surface area contributed by atoms with Gasteiger partial charge in [0.05, 0.1) is 0 Å².